The molecule has 14 heavy (non-hydrogen) atoms. The van der Waals surface area contributed by atoms with Crippen LogP contribution < -0.4 is 5.32 Å². The van der Waals surface area contributed by atoms with E-state index in [9.17, 15) is 8.78 Å². The molecule has 6 heteroatoms. The van der Waals surface area contributed by atoms with Crippen LogP contribution in [-0.2, 0) is 0 Å². The second-order valence-electron chi connectivity index (χ2n) is 2.52. The lowest BCUT2D eigenvalue weighted by atomic mass is 10.3. The van der Waals surface area contributed by atoms with Crippen LogP contribution in [0, 0.1) is 0 Å². The van der Waals surface area contributed by atoms with Crippen LogP contribution in [0.4, 0.5) is 14.5 Å². The standard InChI is InChI=1S/C8H6Br3F2N/c9-4-1-5(10)8(6(11)2-4)14-3-7(12)13/h1-2,7,14H,3H2. The highest BCUT2D eigenvalue weighted by atomic mass is 79.9. The number of halogens is 5. The van der Waals surface area contributed by atoms with Gasteiger partial charge in [-0.1, -0.05) is 15.9 Å². The maximum atomic E-state index is 12.0. The molecule has 0 bridgehead atoms. The summed E-state index contributed by atoms with van der Waals surface area (Å²) < 4.78 is 26.3. The smallest absolute Gasteiger partial charge is 0.255 e. The summed E-state index contributed by atoms with van der Waals surface area (Å²) in [6.07, 6.45) is -2.36. The van der Waals surface area contributed by atoms with Gasteiger partial charge in [-0.05, 0) is 44.0 Å². The molecule has 1 aromatic carbocycles. The lowest BCUT2D eigenvalue weighted by Crippen LogP contribution is -2.10. The van der Waals surface area contributed by atoms with Crippen molar-refractivity contribution >= 4 is 53.5 Å². The number of nitrogens with one attached hydrogen (secondary N) is 1. The molecule has 0 radical (unpaired) electrons. The minimum atomic E-state index is -2.36. The van der Waals surface area contributed by atoms with E-state index in [2.05, 4.69) is 53.1 Å². The number of hydrogen-bond donors (Lipinski definition) is 1. The first kappa shape index (κ1) is 12.4. The molecule has 0 heterocycles. The summed E-state index contributed by atoms with van der Waals surface area (Å²) in [7, 11) is 0. The Hall–Kier alpha value is 0.320. The Bertz CT molecular complexity index is 307. The Labute approximate surface area is 106 Å². The zero-order valence-electron chi connectivity index (χ0n) is 6.83. The molecular weight excluding hydrogens is 388 g/mol. The summed E-state index contributed by atoms with van der Waals surface area (Å²) in [6.45, 7) is -0.362. The summed E-state index contributed by atoms with van der Waals surface area (Å²) in [5.41, 5.74) is 0.633. The molecule has 0 saturated carbocycles. The first-order valence-electron chi connectivity index (χ1n) is 3.67. The van der Waals surface area contributed by atoms with E-state index < -0.39 is 6.43 Å². The molecule has 0 spiro atoms. The molecular formula is C8H6Br3F2N. The number of rotatable bonds is 3. The lowest BCUT2D eigenvalue weighted by molar-refractivity contribution is 0.163. The molecule has 1 N–H and O–H groups in total. The first-order chi connectivity index (χ1) is 6.50. The van der Waals surface area contributed by atoms with E-state index in [0.29, 0.717) is 5.69 Å². The van der Waals surface area contributed by atoms with Gasteiger partial charge >= 0.3 is 0 Å². The first-order valence-corrected chi connectivity index (χ1v) is 6.05. The summed E-state index contributed by atoms with van der Waals surface area (Å²) >= 11 is 9.85. The van der Waals surface area contributed by atoms with Gasteiger partial charge in [0.2, 0.25) is 0 Å². The van der Waals surface area contributed by atoms with Crippen molar-refractivity contribution in [3.63, 3.8) is 0 Å². The number of alkyl halides is 2. The van der Waals surface area contributed by atoms with Crippen LogP contribution >= 0.6 is 47.8 Å². The van der Waals surface area contributed by atoms with Crippen LogP contribution in [0.3, 0.4) is 0 Å². The fourth-order valence-corrected chi connectivity index (χ4v) is 3.43. The largest absolute Gasteiger partial charge is 0.377 e. The molecule has 0 aromatic heterocycles. The van der Waals surface area contributed by atoms with Crippen LogP contribution in [-0.4, -0.2) is 13.0 Å². The van der Waals surface area contributed by atoms with Crippen molar-refractivity contribution in [2.45, 2.75) is 6.43 Å². The molecule has 0 aliphatic heterocycles. The molecule has 0 amide bonds. The van der Waals surface area contributed by atoms with Crippen molar-refractivity contribution in [2.75, 3.05) is 11.9 Å². The van der Waals surface area contributed by atoms with Gasteiger partial charge in [-0.15, -0.1) is 0 Å². The van der Waals surface area contributed by atoms with Crippen molar-refractivity contribution < 1.29 is 8.78 Å². The van der Waals surface area contributed by atoms with Gasteiger partial charge in [-0.3, -0.25) is 0 Å². The van der Waals surface area contributed by atoms with E-state index in [0.717, 1.165) is 13.4 Å². The van der Waals surface area contributed by atoms with Crippen molar-refractivity contribution in [2.24, 2.45) is 0 Å². The second kappa shape index (κ2) is 5.42. The van der Waals surface area contributed by atoms with Crippen molar-refractivity contribution in [1.29, 1.82) is 0 Å². The van der Waals surface area contributed by atoms with Gasteiger partial charge in [-0.25, -0.2) is 8.78 Å². The van der Waals surface area contributed by atoms with Gasteiger partial charge < -0.3 is 5.32 Å². The fourth-order valence-electron chi connectivity index (χ4n) is 0.890. The molecule has 1 aromatic rings. The highest BCUT2D eigenvalue weighted by molar-refractivity contribution is 9.11. The van der Waals surface area contributed by atoms with Gasteiger partial charge in [0.05, 0.1) is 12.2 Å². The molecule has 0 aliphatic rings. The Morgan fingerprint density at radius 2 is 1.64 bits per heavy atom. The maximum absolute atomic E-state index is 12.0. The van der Waals surface area contributed by atoms with E-state index in [1.54, 1.807) is 12.1 Å². The zero-order valence-corrected chi connectivity index (χ0v) is 11.6. The van der Waals surface area contributed by atoms with Crippen LogP contribution in [0.5, 0.6) is 0 Å². The predicted molar refractivity (Wildman–Crippen MR) is 64.0 cm³/mol. The molecule has 78 valence electrons. The molecule has 0 aliphatic carbocycles. The topological polar surface area (TPSA) is 12.0 Å². The fraction of sp³-hybridized carbons (Fsp3) is 0.250. The highest BCUT2D eigenvalue weighted by Gasteiger charge is 2.08. The van der Waals surface area contributed by atoms with E-state index in [1.165, 1.54) is 0 Å². The lowest BCUT2D eigenvalue weighted by Gasteiger charge is -2.10. The summed E-state index contributed by atoms with van der Waals surface area (Å²) in [4.78, 5) is 0. The van der Waals surface area contributed by atoms with Crippen LogP contribution in [0.25, 0.3) is 0 Å². The quantitative estimate of drug-likeness (QED) is 0.788. The molecule has 1 nitrogen and oxygen atoms in total. The summed E-state index contributed by atoms with van der Waals surface area (Å²) in [6, 6.07) is 3.58. The number of hydrogen-bond acceptors (Lipinski definition) is 1. The van der Waals surface area contributed by atoms with Crippen molar-refractivity contribution in [3.8, 4) is 0 Å². The van der Waals surface area contributed by atoms with Crippen LogP contribution in [0.15, 0.2) is 25.6 Å². The average Bonchev–Trinajstić information content (AvgIpc) is 2.01. The number of anilines is 1. The predicted octanol–water partition coefficient (Wildman–Crippen LogP) is 4.65. The number of benzene rings is 1. The van der Waals surface area contributed by atoms with E-state index in [4.69, 9.17) is 0 Å². The Morgan fingerprint density at radius 1 is 1.14 bits per heavy atom. The van der Waals surface area contributed by atoms with Gasteiger partial charge in [0.15, 0.2) is 0 Å². The molecule has 0 atom stereocenters. The Morgan fingerprint density at radius 3 is 2.07 bits per heavy atom. The molecule has 0 saturated heterocycles. The Kier molecular flexibility index (Phi) is 4.79. The van der Waals surface area contributed by atoms with Crippen LogP contribution in [0.2, 0.25) is 0 Å². The summed E-state index contributed by atoms with van der Waals surface area (Å²) in [5.74, 6) is 0. The molecule has 0 fully saturated rings. The SMILES string of the molecule is FC(F)CNc1c(Br)cc(Br)cc1Br. The third kappa shape index (κ3) is 3.47. The monoisotopic (exact) mass is 391 g/mol. The minimum absolute atomic E-state index is 0.362. The minimum Gasteiger partial charge on any atom is -0.377 e. The Balaban J connectivity index is 2.86. The summed E-state index contributed by atoms with van der Waals surface area (Å²) in [5, 5.41) is 2.64. The van der Waals surface area contributed by atoms with Crippen molar-refractivity contribution in [3.05, 3.63) is 25.6 Å². The average molecular weight is 394 g/mol. The second-order valence-corrected chi connectivity index (χ2v) is 5.14. The van der Waals surface area contributed by atoms with Gasteiger partial charge in [0.1, 0.15) is 0 Å². The van der Waals surface area contributed by atoms with E-state index >= 15 is 0 Å². The van der Waals surface area contributed by atoms with Gasteiger partial charge in [0, 0.05) is 13.4 Å². The highest BCUT2D eigenvalue weighted by Crippen LogP contribution is 2.34. The third-order valence-electron chi connectivity index (χ3n) is 1.44. The van der Waals surface area contributed by atoms with Crippen LogP contribution in [0.1, 0.15) is 0 Å². The normalized spacial score (nSPS) is 10.7. The maximum Gasteiger partial charge on any atom is 0.255 e. The third-order valence-corrected chi connectivity index (χ3v) is 3.15. The van der Waals surface area contributed by atoms with Gasteiger partial charge in [-0.2, -0.15) is 0 Å². The van der Waals surface area contributed by atoms with Gasteiger partial charge in [0.25, 0.3) is 6.43 Å². The molecule has 0 unspecified atom stereocenters. The van der Waals surface area contributed by atoms with Crippen molar-refractivity contribution in [1.82, 2.24) is 0 Å². The molecule has 1 rings (SSSR count). The van der Waals surface area contributed by atoms with E-state index in [-0.39, 0.29) is 6.54 Å². The zero-order chi connectivity index (χ0) is 10.7. The van der Waals surface area contributed by atoms with E-state index in [1.807, 2.05) is 0 Å².